The van der Waals surface area contributed by atoms with E-state index >= 15 is 0 Å². The molecule has 0 aliphatic carbocycles. The van der Waals surface area contributed by atoms with Gasteiger partial charge in [-0.1, -0.05) is 24.3 Å². The molecule has 0 spiro atoms. The van der Waals surface area contributed by atoms with E-state index in [9.17, 15) is 9.90 Å². The number of aromatic hydroxyl groups is 1. The summed E-state index contributed by atoms with van der Waals surface area (Å²) in [5.74, 6) is -0.595. The number of hydrogen-bond acceptors (Lipinski definition) is 3. The third-order valence-corrected chi connectivity index (χ3v) is 3.22. The van der Waals surface area contributed by atoms with Crippen LogP contribution in [0.4, 0.5) is 0 Å². The molecule has 0 bridgehead atoms. The van der Waals surface area contributed by atoms with Gasteiger partial charge in [-0.05, 0) is 45.8 Å². The molecule has 0 saturated heterocycles. The van der Waals surface area contributed by atoms with Crippen molar-refractivity contribution in [1.29, 1.82) is 0 Å². The highest BCUT2D eigenvalue weighted by Crippen LogP contribution is 2.29. The maximum Gasteiger partial charge on any atom is 0.341 e. The number of esters is 1. The molecule has 0 aliphatic rings. The van der Waals surface area contributed by atoms with Crippen molar-refractivity contribution in [2.24, 2.45) is 0 Å². The van der Waals surface area contributed by atoms with Crippen molar-refractivity contribution in [3.05, 3.63) is 54.1 Å². The molecule has 3 rings (SSSR count). The molecule has 0 fully saturated rings. The molecular formula is C16H12O3. The number of phenols is 1. The van der Waals surface area contributed by atoms with Crippen LogP contribution in [0.15, 0.2) is 48.5 Å². The maximum atomic E-state index is 11.6. The summed E-state index contributed by atoms with van der Waals surface area (Å²) >= 11 is 0. The van der Waals surface area contributed by atoms with Crippen molar-refractivity contribution in [3.63, 3.8) is 0 Å². The number of phenolic OH excluding ortho intramolecular Hbond substituents is 1. The summed E-state index contributed by atoms with van der Waals surface area (Å²) in [5.41, 5.74) is 0.185. The molecule has 0 saturated carbocycles. The van der Waals surface area contributed by atoms with Crippen LogP contribution in [-0.4, -0.2) is 18.2 Å². The largest absolute Gasteiger partial charge is 0.507 e. The average molecular weight is 252 g/mol. The molecule has 0 aromatic heterocycles. The fraction of sp³-hybridized carbons (Fsp3) is 0.0625. The van der Waals surface area contributed by atoms with E-state index in [1.54, 1.807) is 12.1 Å². The van der Waals surface area contributed by atoms with Crippen LogP contribution in [0.2, 0.25) is 0 Å². The van der Waals surface area contributed by atoms with E-state index in [0.29, 0.717) is 0 Å². The summed E-state index contributed by atoms with van der Waals surface area (Å²) in [6, 6.07) is 15.2. The molecule has 1 N–H and O–H groups in total. The third-order valence-electron chi connectivity index (χ3n) is 3.22. The molecule has 3 heteroatoms. The lowest BCUT2D eigenvalue weighted by atomic mass is 10.0. The second-order valence-electron chi connectivity index (χ2n) is 4.41. The van der Waals surface area contributed by atoms with Gasteiger partial charge in [-0.25, -0.2) is 4.79 Å². The predicted octanol–water partition coefficient (Wildman–Crippen LogP) is 3.49. The summed E-state index contributed by atoms with van der Waals surface area (Å²) in [4.78, 5) is 11.6. The number of hydrogen-bond donors (Lipinski definition) is 1. The number of rotatable bonds is 1. The SMILES string of the molecule is COC(=O)c1cc2cc3ccccc3cc2cc1O. The van der Waals surface area contributed by atoms with Crippen LogP contribution in [-0.2, 0) is 4.74 Å². The maximum absolute atomic E-state index is 11.6. The van der Waals surface area contributed by atoms with Gasteiger partial charge in [-0.15, -0.1) is 0 Å². The van der Waals surface area contributed by atoms with Crippen LogP contribution < -0.4 is 0 Å². The summed E-state index contributed by atoms with van der Waals surface area (Å²) < 4.78 is 4.65. The first-order valence-electron chi connectivity index (χ1n) is 5.93. The molecule has 0 radical (unpaired) electrons. The Bertz CT molecular complexity index is 790. The highest BCUT2D eigenvalue weighted by Gasteiger charge is 2.12. The molecule has 3 aromatic carbocycles. The molecule has 0 unspecified atom stereocenters. The van der Waals surface area contributed by atoms with Gasteiger partial charge in [0.2, 0.25) is 0 Å². The lowest BCUT2D eigenvalue weighted by Crippen LogP contribution is -2.01. The second-order valence-corrected chi connectivity index (χ2v) is 4.41. The van der Waals surface area contributed by atoms with E-state index in [1.165, 1.54) is 7.11 Å². The first-order valence-corrected chi connectivity index (χ1v) is 5.93. The molecule has 0 amide bonds. The number of ether oxygens (including phenoxy) is 1. The standard InChI is InChI=1S/C16H12O3/c1-19-16(18)14-8-12-6-10-4-2-3-5-11(10)7-13(12)9-15(14)17/h2-9,17H,1H3. The van der Waals surface area contributed by atoms with Gasteiger partial charge in [-0.3, -0.25) is 0 Å². The Morgan fingerprint density at radius 3 is 2.11 bits per heavy atom. The van der Waals surface area contributed by atoms with Gasteiger partial charge in [0.1, 0.15) is 11.3 Å². The first-order chi connectivity index (χ1) is 9.19. The molecule has 0 atom stereocenters. The molecule has 94 valence electrons. The molecule has 3 nitrogen and oxygen atoms in total. The lowest BCUT2D eigenvalue weighted by Gasteiger charge is -2.07. The Balaban J connectivity index is 2.33. The Labute approximate surface area is 110 Å². The van der Waals surface area contributed by atoms with Crippen LogP contribution in [0.25, 0.3) is 21.5 Å². The Kier molecular flexibility index (Phi) is 2.60. The quantitative estimate of drug-likeness (QED) is 0.532. The topological polar surface area (TPSA) is 46.5 Å². The molecule has 0 aliphatic heterocycles. The Hall–Kier alpha value is -2.55. The smallest absolute Gasteiger partial charge is 0.341 e. The predicted molar refractivity (Wildman–Crippen MR) is 74.5 cm³/mol. The van der Waals surface area contributed by atoms with Crippen molar-refractivity contribution in [1.82, 2.24) is 0 Å². The van der Waals surface area contributed by atoms with Crippen LogP contribution in [0.1, 0.15) is 10.4 Å². The normalized spacial score (nSPS) is 10.8. The molecule has 19 heavy (non-hydrogen) atoms. The molecular weight excluding hydrogens is 240 g/mol. The summed E-state index contributed by atoms with van der Waals surface area (Å²) in [6.07, 6.45) is 0. The summed E-state index contributed by atoms with van der Waals surface area (Å²) in [7, 11) is 1.30. The second kappa shape index (κ2) is 4.28. The third kappa shape index (κ3) is 1.89. The van der Waals surface area contributed by atoms with Crippen LogP contribution in [0.3, 0.4) is 0 Å². The van der Waals surface area contributed by atoms with Crippen molar-refractivity contribution < 1.29 is 14.6 Å². The minimum Gasteiger partial charge on any atom is -0.507 e. The van der Waals surface area contributed by atoms with Crippen LogP contribution in [0, 0.1) is 0 Å². The van der Waals surface area contributed by atoms with Gasteiger partial charge in [0.05, 0.1) is 7.11 Å². The highest BCUT2D eigenvalue weighted by molar-refractivity contribution is 6.03. The fourth-order valence-corrected chi connectivity index (χ4v) is 2.25. The monoisotopic (exact) mass is 252 g/mol. The van der Waals surface area contributed by atoms with Gasteiger partial charge in [0, 0.05) is 0 Å². The van der Waals surface area contributed by atoms with E-state index in [1.807, 2.05) is 36.4 Å². The zero-order valence-corrected chi connectivity index (χ0v) is 10.4. The van der Waals surface area contributed by atoms with E-state index in [4.69, 9.17) is 0 Å². The Morgan fingerprint density at radius 2 is 1.53 bits per heavy atom. The zero-order valence-electron chi connectivity index (χ0n) is 10.4. The Morgan fingerprint density at radius 1 is 0.947 bits per heavy atom. The van der Waals surface area contributed by atoms with E-state index in [2.05, 4.69) is 4.74 Å². The van der Waals surface area contributed by atoms with Crippen molar-refractivity contribution in [2.75, 3.05) is 7.11 Å². The van der Waals surface area contributed by atoms with E-state index < -0.39 is 5.97 Å². The van der Waals surface area contributed by atoms with Gasteiger partial charge in [-0.2, -0.15) is 0 Å². The number of benzene rings is 3. The minimum atomic E-state index is -0.535. The zero-order chi connectivity index (χ0) is 13.4. The summed E-state index contributed by atoms with van der Waals surface area (Å²) in [5, 5.41) is 13.9. The van der Waals surface area contributed by atoms with Gasteiger partial charge >= 0.3 is 5.97 Å². The average Bonchev–Trinajstić information content (AvgIpc) is 2.43. The van der Waals surface area contributed by atoms with Crippen LogP contribution >= 0.6 is 0 Å². The van der Waals surface area contributed by atoms with Crippen molar-refractivity contribution >= 4 is 27.5 Å². The molecule has 3 aromatic rings. The van der Waals surface area contributed by atoms with Crippen molar-refractivity contribution in [2.45, 2.75) is 0 Å². The number of carbonyl (C=O) groups excluding carboxylic acids is 1. The van der Waals surface area contributed by atoms with E-state index in [0.717, 1.165) is 21.5 Å². The van der Waals surface area contributed by atoms with Crippen LogP contribution in [0.5, 0.6) is 5.75 Å². The van der Waals surface area contributed by atoms with Crippen molar-refractivity contribution in [3.8, 4) is 5.75 Å². The van der Waals surface area contributed by atoms with E-state index in [-0.39, 0.29) is 11.3 Å². The van der Waals surface area contributed by atoms with Gasteiger partial charge < -0.3 is 9.84 Å². The number of methoxy groups -OCH3 is 1. The minimum absolute atomic E-state index is 0.0605. The number of fused-ring (bicyclic) bond motifs is 2. The summed E-state index contributed by atoms with van der Waals surface area (Å²) in [6.45, 7) is 0. The first kappa shape index (κ1) is 11.5. The fourth-order valence-electron chi connectivity index (χ4n) is 2.25. The van der Waals surface area contributed by atoms with Gasteiger partial charge in [0.25, 0.3) is 0 Å². The van der Waals surface area contributed by atoms with Gasteiger partial charge in [0.15, 0.2) is 0 Å². The number of carbonyl (C=O) groups is 1. The lowest BCUT2D eigenvalue weighted by molar-refractivity contribution is 0.0597. The highest BCUT2D eigenvalue weighted by atomic mass is 16.5. The molecule has 0 heterocycles.